The molecule has 23 heavy (non-hydrogen) atoms. The molecule has 1 aliphatic rings. The van der Waals surface area contributed by atoms with E-state index in [-0.39, 0.29) is 6.10 Å². The van der Waals surface area contributed by atoms with E-state index in [4.69, 9.17) is 4.74 Å². The zero-order chi connectivity index (χ0) is 16.4. The van der Waals surface area contributed by atoms with Gasteiger partial charge in [-0.15, -0.1) is 11.3 Å². The van der Waals surface area contributed by atoms with Crippen molar-refractivity contribution < 1.29 is 13.2 Å². The van der Waals surface area contributed by atoms with Gasteiger partial charge in [0.25, 0.3) is 10.0 Å². The number of thiophene rings is 1. The predicted molar refractivity (Wildman–Crippen MR) is 93.9 cm³/mol. The summed E-state index contributed by atoms with van der Waals surface area (Å²) in [5.74, 6) is 0. The minimum atomic E-state index is -3.50. The van der Waals surface area contributed by atoms with Crippen LogP contribution in [0.2, 0.25) is 0 Å². The number of aryl methyl sites for hydroxylation is 1. The van der Waals surface area contributed by atoms with E-state index >= 15 is 0 Å². The van der Waals surface area contributed by atoms with Gasteiger partial charge in [-0.3, -0.25) is 4.72 Å². The molecule has 1 aliphatic heterocycles. The lowest BCUT2D eigenvalue weighted by Crippen LogP contribution is -2.22. The third-order valence-corrected chi connectivity index (χ3v) is 6.82. The fraction of sp³-hybridized carbons (Fsp3) is 0.375. The lowest BCUT2D eigenvalue weighted by molar-refractivity contribution is 0.121. The fourth-order valence-electron chi connectivity index (χ4n) is 2.66. The summed E-state index contributed by atoms with van der Waals surface area (Å²) in [6.07, 6.45) is 1.29. The van der Waals surface area contributed by atoms with Crippen molar-refractivity contribution in [3.8, 4) is 0 Å². The van der Waals surface area contributed by atoms with Gasteiger partial charge in [-0.25, -0.2) is 8.42 Å². The van der Waals surface area contributed by atoms with Gasteiger partial charge < -0.3 is 9.64 Å². The number of sulfonamides is 1. The number of rotatable bonds is 5. The number of hydrogen-bond acceptors (Lipinski definition) is 5. The van der Waals surface area contributed by atoms with Crippen LogP contribution in [0.3, 0.4) is 0 Å². The normalized spacial score (nSPS) is 18.3. The lowest BCUT2D eigenvalue weighted by atomic mass is 10.2. The van der Waals surface area contributed by atoms with Crippen LogP contribution in [0.15, 0.2) is 40.6 Å². The van der Waals surface area contributed by atoms with Crippen molar-refractivity contribution in [3.05, 3.63) is 41.3 Å². The van der Waals surface area contributed by atoms with Gasteiger partial charge in [0, 0.05) is 36.5 Å². The predicted octanol–water partition coefficient (Wildman–Crippen LogP) is 3.08. The second-order valence-corrected chi connectivity index (χ2v) is 8.81. The van der Waals surface area contributed by atoms with Gasteiger partial charge in [0.2, 0.25) is 0 Å². The van der Waals surface area contributed by atoms with Crippen molar-refractivity contribution in [2.75, 3.05) is 29.8 Å². The molecule has 0 spiro atoms. The fourth-order valence-corrected chi connectivity index (χ4v) is 5.00. The van der Waals surface area contributed by atoms with E-state index < -0.39 is 10.0 Å². The lowest BCUT2D eigenvalue weighted by Gasteiger charge is -2.18. The van der Waals surface area contributed by atoms with Crippen molar-refractivity contribution in [3.63, 3.8) is 0 Å². The minimum absolute atomic E-state index is 0.273. The van der Waals surface area contributed by atoms with Crippen LogP contribution in [0.5, 0.6) is 0 Å². The SMILES string of the molecule is CO[C@H]1CCN(c2ccc(NS(=O)(=O)c3ccc(C)s3)cc2)C1. The number of ether oxygens (including phenoxy) is 1. The summed E-state index contributed by atoms with van der Waals surface area (Å²) in [6, 6.07) is 10.9. The molecular weight excluding hydrogens is 332 g/mol. The highest BCUT2D eigenvalue weighted by Crippen LogP contribution is 2.26. The van der Waals surface area contributed by atoms with Gasteiger partial charge in [-0.05, 0) is 49.7 Å². The molecule has 0 radical (unpaired) electrons. The van der Waals surface area contributed by atoms with Gasteiger partial charge >= 0.3 is 0 Å². The second kappa shape index (κ2) is 6.51. The van der Waals surface area contributed by atoms with E-state index in [1.807, 2.05) is 25.1 Å². The Morgan fingerprint density at radius 1 is 1.22 bits per heavy atom. The van der Waals surface area contributed by atoms with E-state index in [0.717, 1.165) is 30.1 Å². The summed E-state index contributed by atoms with van der Waals surface area (Å²) in [4.78, 5) is 3.22. The van der Waals surface area contributed by atoms with Crippen LogP contribution in [-0.4, -0.2) is 34.7 Å². The Kier molecular flexibility index (Phi) is 4.61. The first-order valence-corrected chi connectivity index (χ1v) is 9.75. The molecule has 1 saturated heterocycles. The summed E-state index contributed by atoms with van der Waals surface area (Å²) in [5.41, 5.74) is 1.65. The Hall–Kier alpha value is -1.57. The molecule has 3 rings (SSSR count). The molecule has 2 heterocycles. The van der Waals surface area contributed by atoms with Crippen LogP contribution in [-0.2, 0) is 14.8 Å². The van der Waals surface area contributed by atoms with E-state index in [1.54, 1.807) is 25.3 Å². The molecule has 0 aliphatic carbocycles. The van der Waals surface area contributed by atoms with Crippen molar-refractivity contribution in [1.82, 2.24) is 0 Å². The van der Waals surface area contributed by atoms with Gasteiger partial charge in [-0.2, -0.15) is 0 Å². The number of hydrogen-bond donors (Lipinski definition) is 1. The number of nitrogens with zero attached hydrogens (tertiary/aromatic N) is 1. The second-order valence-electron chi connectivity index (χ2n) is 5.61. The maximum atomic E-state index is 12.3. The first-order chi connectivity index (χ1) is 11.0. The van der Waals surface area contributed by atoms with Gasteiger partial charge in [0.15, 0.2) is 0 Å². The van der Waals surface area contributed by atoms with Gasteiger partial charge in [-0.1, -0.05) is 0 Å². The smallest absolute Gasteiger partial charge is 0.271 e. The number of methoxy groups -OCH3 is 1. The van der Waals surface area contributed by atoms with Crippen LogP contribution < -0.4 is 9.62 Å². The molecule has 1 N–H and O–H groups in total. The molecule has 1 aromatic carbocycles. The highest BCUT2D eigenvalue weighted by Gasteiger charge is 2.22. The van der Waals surface area contributed by atoms with Gasteiger partial charge in [0.1, 0.15) is 4.21 Å². The zero-order valence-electron chi connectivity index (χ0n) is 13.2. The highest BCUT2D eigenvalue weighted by atomic mass is 32.2. The first-order valence-electron chi connectivity index (χ1n) is 7.45. The Morgan fingerprint density at radius 3 is 2.52 bits per heavy atom. The molecule has 5 nitrogen and oxygen atoms in total. The molecule has 1 aromatic heterocycles. The van der Waals surface area contributed by atoms with Crippen molar-refractivity contribution >= 4 is 32.7 Å². The largest absolute Gasteiger partial charge is 0.380 e. The quantitative estimate of drug-likeness (QED) is 0.898. The highest BCUT2D eigenvalue weighted by molar-refractivity contribution is 7.94. The Morgan fingerprint density at radius 2 is 1.96 bits per heavy atom. The molecule has 1 fully saturated rings. The number of nitrogens with one attached hydrogen (secondary N) is 1. The molecule has 0 unspecified atom stereocenters. The number of benzene rings is 1. The molecule has 1 atom stereocenters. The van der Waals surface area contributed by atoms with Crippen LogP contribution >= 0.6 is 11.3 Å². The topological polar surface area (TPSA) is 58.6 Å². The molecule has 124 valence electrons. The van der Waals surface area contributed by atoms with Crippen LogP contribution in [0.1, 0.15) is 11.3 Å². The standard InChI is InChI=1S/C16H20N2O3S2/c1-12-3-8-16(22-12)23(19,20)17-13-4-6-14(7-5-13)18-10-9-15(11-18)21-2/h3-8,15,17H,9-11H2,1-2H3/t15-/m0/s1. The summed E-state index contributed by atoms with van der Waals surface area (Å²) in [5, 5.41) is 0. The number of anilines is 2. The van der Waals surface area contributed by atoms with Crippen LogP contribution in [0.25, 0.3) is 0 Å². The van der Waals surface area contributed by atoms with Crippen molar-refractivity contribution in [1.29, 1.82) is 0 Å². The monoisotopic (exact) mass is 352 g/mol. The first kappa shape index (κ1) is 16.3. The van der Waals surface area contributed by atoms with Crippen LogP contribution in [0, 0.1) is 6.92 Å². The third-order valence-electron chi connectivity index (χ3n) is 3.94. The Bertz CT molecular complexity index is 769. The average molecular weight is 352 g/mol. The average Bonchev–Trinajstić information content (AvgIpc) is 3.16. The van der Waals surface area contributed by atoms with Crippen molar-refractivity contribution in [2.45, 2.75) is 23.7 Å². The maximum absolute atomic E-state index is 12.3. The molecule has 0 saturated carbocycles. The Balaban J connectivity index is 1.70. The summed E-state index contributed by atoms with van der Waals surface area (Å²) in [7, 11) is -1.77. The summed E-state index contributed by atoms with van der Waals surface area (Å²) in [6.45, 7) is 3.72. The minimum Gasteiger partial charge on any atom is -0.380 e. The molecule has 7 heteroatoms. The maximum Gasteiger partial charge on any atom is 0.271 e. The van der Waals surface area contributed by atoms with Crippen LogP contribution in [0.4, 0.5) is 11.4 Å². The zero-order valence-corrected chi connectivity index (χ0v) is 14.8. The summed E-state index contributed by atoms with van der Waals surface area (Å²) >= 11 is 1.27. The van der Waals surface area contributed by atoms with E-state index in [2.05, 4.69) is 9.62 Å². The van der Waals surface area contributed by atoms with Gasteiger partial charge in [0.05, 0.1) is 6.10 Å². The van der Waals surface area contributed by atoms with E-state index in [1.165, 1.54) is 11.3 Å². The summed E-state index contributed by atoms with van der Waals surface area (Å²) < 4.78 is 33.0. The molecule has 0 bridgehead atoms. The van der Waals surface area contributed by atoms with Crippen molar-refractivity contribution in [2.24, 2.45) is 0 Å². The molecular formula is C16H20N2O3S2. The third kappa shape index (κ3) is 3.68. The molecule has 0 amide bonds. The van der Waals surface area contributed by atoms with E-state index in [9.17, 15) is 8.42 Å². The van der Waals surface area contributed by atoms with E-state index in [0.29, 0.717) is 9.90 Å². The Labute approximate surface area is 140 Å². The molecule has 2 aromatic rings.